The van der Waals surface area contributed by atoms with Gasteiger partial charge in [-0.2, -0.15) is 0 Å². The van der Waals surface area contributed by atoms with Crippen LogP contribution in [-0.4, -0.2) is 36.4 Å². The number of ether oxygens (including phenoxy) is 2. The summed E-state index contributed by atoms with van der Waals surface area (Å²) in [6, 6.07) is 0. The van der Waals surface area contributed by atoms with Crippen molar-refractivity contribution in [1.29, 1.82) is 0 Å². The van der Waals surface area contributed by atoms with Gasteiger partial charge in [0.05, 0.1) is 6.42 Å². The Kier molecular flexibility index (Phi) is 18.7. The molecule has 162 valence electrons. The van der Waals surface area contributed by atoms with Gasteiger partial charge in [-0.15, -0.1) is 0 Å². The van der Waals surface area contributed by atoms with Crippen LogP contribution in [0.5, 0.6) is 0 Å². The van der Waals surface area contributed by atoms with Crippen LogP contribution in [-0.2, 0) is 19.1 Å². The number of allylic oxidation sites excluding steroid dienone is 9. The number of hydrogen-bond acceptors (Lipinski definition) is 5. The van der Waals surface area contributed by atoms with E-state index < -0.39 is 12.1 Å². The van der Waals surface area contributed by atoms with Crippen LogP contribution in [0.15, 0.2) is 60.8 Å². The van der Waals surface area contributed by atoms with Crippen LogP contribution in [0.2, 0.25) is 0 Å². The van der Waals surface area contributed by atoms with Gasteiger partial charge in [0.25, 0.3) is 0 Å². The summed E-state index contributed by atoms with van der Waals surface area (Å²) in [5.74, 6) is -0.806. The Morgan fingerprint density at radius 3 is 2.00 bits per heavy atom. The summed E-state index contributed by atoms with van der Waals surface area (Å²) in [4.78, 5) is 23.2. The molecule has 1 N–H and O–H groups in total. The molecule has 0 aromatic carbocycles. The summed E-state index contributed by atoms with van der Waals surface area (Å²) in [6.07, 6.45) is 23.4. The highest BCUT2D eigenvalue weighted by Gasteiger charge is 2.11. The van der Waals surface area contributed by atoms with Gasteiger partial charge in [0.1, 0.15) is 19.3 Å². The molecule has 0 aromatic rings. The zero-order chi connectivity index (χ0) is 21.6. The average molecular weight is 405 g/mol. The minimum absolute atomic E-state index is 0.148. The molecular weight excluding hydrogens is 368 g/mol. The lowest BCUT2D eigenvalue weighted by molar-refractivity contribution is -0.151. The molecule has 0 heterocycles. The highest BCUT2D eigenvalue weighted by molar-refractivity contribution is 5.71. The van der Waals surface area contributed by atoms with Crippen molar-refractivity contribution >= 4 is 11.9 Å². The molecule has 0 fully saturated rings. The topological polar surface area (TPSA) is 72.8 Å². The largest absolute Gasteiger partial charge is 0.463 e. The molecule has 29 heavy (non-hydrogen) atoms. The zero-order valence-electron chi connectivity index (χ0n) is 17.8. The summed E-state index contributed by atoms with van der Waals surface area (Å²) < 4.78 is 9.94. The summed E-state index contributed by atoms with van der Waals surface area (Å²) in [5, 5.41) is 9.74. The first-order chi connectivity index (χ1) is 14.1. The quantitative estimate of drug-likeness (QED) is 0.290. The van der Waals surface area contributed by atoms with Gasteiger partial charge in [-0.1, -0.05) is 67.7 Å². The number of aliphatic hydroxyl groups is 1. The molecule has 0 aliphatic rings. The second-order valence-electron chi connectivity index (χ2n) is 6.33. The van der Waals surface area contributed by atoms with Gasteiger partial charge in [0.2, 0.25) is 0 Å². The van der Waals surface area contributed by atoms with Gasteiger partial charge in [0.15, 0.2) is 0 Å². The minimum atomic E-state index is -1.02. The Labute approximate surface area is 175 Å². The molecule has 0 saturated heterocycles. The molecule has 0 amide bonds. The SMILES string of the molecule is C/C=C\C/C=C\CCC(=O)OCC(O)COC(=O)C/C=C\C/C=C\C/C=C\CC. The van der Waals surface area contributed by atoms with Crippen molar-refractivity contribution in [3.05, 3.63) is 60.8 Å². The lowest BCUT2D eigenvalue weighted by atomic mass is 10.2. The van der Waals surface area contributed by atoms with E-state index in [-0.39, 0.29) is 32.0 Å². The molecule has 0 rings (SSSR count). The van der Waals surface area contributed by atoms with Crippen LogP contribution in [0, 0.1) is 0 Å². The number of carbonyl (C=O) groups is 2. The lowest BCUT2D eigenvalue weighted by Gasteiger charge is -2.11. The molecule has 1 atom stereocenters. The molecule has 0 aromatic heterocycles. The zero-order valence-corrected chi connectivity index (χ0v) is 17.8. The molecule has 0 radical (unpaired) electrons. The standard InChI is InChI=1S/C24H36O5/c1-3-5-7-9-11-12-13-15-17-19-24(27)29-21-22(25)20-28-23(26)18-16-14-10-8-6-4-2/h4-7,10-12,14-15,17,22,25H,3,8-9,13,16,18-21H2,1-2H3/b6-4-,7-5-,12-11-,14-10-,17-15-. The van der Waals surface area contributed by atoms with E-state index in [0.29, 0.717) is 6.42 Å². The van der Waals surface area contributed by atoms with E-state index in [1.807, 2.05) is 43.4 Å². The minimum Gasteiger partial charge on any atom is -0.463 e. The van der Waals surface area contributed by atoms with E-state index in [4.69, 9.17) is 9.47 Å². The highest BCUT2D eigenvalue weighted by atomic mass is 16.6. The van der Waals surface area contributed by atoms with Crippen LogP contribution in [0.3, 0.4) is 0 Å². The van der Waals surface area contributed by atoms with E-state index in [0.717, 1.165) is 25.7 Å². The second-order valence-corrected chi connectivity index (χ2v) is 6.33. The summed E-state index contributed by atoms with van der Waals surface area (Å²) in [5.41, 5.74) is 0. The molecular formula is C24H36O5. The van der Waals surface area contributed by atoms with Gasteiger partial charge in [-0.05, 0) is 39.0 Å². The third kappa shape index (κ3) is 20.2. The van der Waals surface area contributed by atoms with Crippen molar-refractivity contribution < 1.29 is 24.2 Å². The van der Waals surface area contributed by atoms with Crippen LogP contribution in [0.25, 0.3) is 0 Å². The number of rotatable bonds is 16. The Morgan fingerprint density at radius 1 is 0.793 bits per heavy atom. The summed E-state index contributed by atoms with van der Waals surface area (Å²) in [7, 11) is 0. The predicted molar refractivity (Wildman–Crippen MR) is 117 cm³/mol. The van der Waals surface area contributed by atoms with Crippen molar-refractivity contribution in [2.75, 3.05) is 13.2 Å². The Hall–Kier alpha value is -2.40. The Bertz CT molecular complexity index is 570. The fourth-order valence-corrected chi connectivity index (χ4v) is 2.08. The van der Waals surface area contributed by atoms with Gasteiger partial charge < -0.3 is 14.6 Å². The van der Waals surface area contributed by atoms with E-state index in [2.05, 4.69) is 25.2 Å². The first-order valence-electron chi connectivity index (χ1n) is 10.3. The van der Waals surface area contributed by atoms with E-state index in [1.165, 1.54) is 0 Å². The number of carbonyl (C=O) groups excluding carboxylic acids is 2. The van der Waals surface area contributed by atoms with Crippen molar-refractivity contribution in [2.24, 2.45) is 0 Å². The van der Waals surface area contributed by atoms with Crippen LogP contribution >= 0.6 is 0 Å². The third-order valence-corrected chi connectivity index (χ3v) is 3.63. The van der Waals surface area contributed by atoms with Crippen molar-refractivity contribution in [1.82, 2.24) is 0 Å². The number of esters is 2. The molecule has 5 heteroatoms. The monoisotopic (exact) mass is 404 g/mol. The molecule has 0 bridgehead atoms. The van der Waals surface area contributed by atoms with Crippen LogP contribution < -0.4 is 0 Å². The fourth-order valence-electron chi connectivity index (χ4n) is 2.08. The first-order valence-corrected chi connectivity index (χ1v) is 10.3. The lowest BCUT2D eigenvalue weighted by Crippen LogP contribution is -2.25. The summed E-state index contributed by atoms with van der Waals surface area (Å²) in [6.45, 7) is 3.69. The van der Waals surface area contributed by atoms with Gasteiger partial charge in [-0.25, -0.2) is 0 Å². The molecule has 0 saturated carbocycles. The van der Waals surface area contributed by atoms with Crippen molar-refractivity contribution in [3.8, 4) is 0 Å². The molecule has 0 spiro atoms. The molecule has 1 unspecified atom stereocenters. The normalized spacial score (nSPS) is 13.3. The van der Waals surface area contributed by atoms with E-state index in [9.17, 15) is 14.7 Å². The molecule has 0 aliphatic heterocycles. The average Bonchev–Trinajstić information content (AvgIpc) is 2.72. The fraction of sp³-hybridized carbons (Fsp3) is 0.500. The van der Waals surface area contributed by atoms with Gasteiger partial charge >= 0.3 is 11.9 Å². The first kappa shape index (κ1) is 26.6. The van der Waals surface area contributed by atoms with E-state index >= 15 is 0 Å². The van der Waals surface area contributed by atoms with Crippen LogP contribution in [0.4, 0.5) is 0 Å². The van der Waals surface area contributed by atoms with Gasteiger partial charge in [0, 0.05) is 6.42 Å². The Morgan fingerprint density at radius 2 is 1.34 bits per heavy atom. The smallest absolute Gasteiger partial charge is 0.309 e. The van der Waals surface area contributed by atoms with Crippen molar-refractivity contribution in [2.45, 2.75) is 64.9 Å². The van der Waals surface area contributed by atoms with Gasteiger partial charge in [-0.3, -0.25) is 9.59 Å². The van der Waals surface area contributed by atoms with Crippen LogP contribution in [0.1, 0.15) is 58.8 Å². The molecule has 0 aliphatic carbocycles. The predicted octanol–water partition coefficient (Wildman–Crippen LogP) is 4.99. The second kappa shape index (κ2) is 20.3. The van der Waals surface area contributed by atoms with Crippen molar-refractivity contribution in [3.63, 3.8) is 0 Å². The highest BCUT2D eigenvalue weighted by Crippen LogP contribution is 1.99. The number of aliphatic hydroxyl groups excluding tert-OH is 1. The van der Waals surface area contributed by atoms with E-state index in [1.54, 1.807) is 6.08 Å². The maximum Gasteiger partial charge on any atom is 0.309 e. The Balaban J connectivity index is 3.74. The third-order valence-electron chi connectivity index (χ3n) is 3.63. The maximum absolute atomic E-state index is 11.6. The number of hydrogen-bond donors (Lipinski definition) is 1. The summed E-state index contributed by atoms with van der Waals surface area (Å²) >= 11 is 0. The maximum atomic E-state index is 11.6. The molecule has 5 nitrogen and oxygen atoms in total.